The van der Waals surface area contributed by atoms with Crippen LogP contribution >= 0.6 is 0 Å². The number of piperidine rings is 1. The summed E-state index contributed by atoms with van der Waals surface area (Å²) in [5, 5.41) is 2.70. The molecule has 1 saturated heterocycles. The second kappa shape index (κ2) is 7.78. The van der Waals surface area contributed by atoms with E-state index in [2.05, 4.69) is 15.3 Å². The van der Waals surface area contributed by atoms with E-state index in [0.717, 1.165) is 5.56 Å². The average Bonchev–Trinajstić information content (AvgIpc) is 2.55. The quantitative estimate of drug-likeness (QED) is 0.866. The highest BCUT2D eigenvalue weighted by atomic mass is 19.4. The molecule has 2 atom stereocenters. The van der Waals surface area contributed by atoms with E-state index in [4.69, 9.17) is 5.73 Å². The summed E-state index contributed by atoms with van der Waals surface area (Å²) in [7, 11) is 0. The third-order valence-electron chi connectivity index (χ3n) is 4.20. The molecule has 9 heteroatoms. The van der Waals surface area contributed by atoms with Crippen molar-refractivity contribution in [2.24, 2.45) is 17.6 Å². The Bertz CT molecular complexity index is 549. The van der Waals surface area contributed by atoms with Crippen LogP contribution in [0, 0.1) is 18.8 Å². The highest BCUT2D eigenvalue weighted by molar-refractivity contribution is 5.74. The lowest BCUT2D eigenvalue weighted by Gasteiger charge is -2.38. The maximum absolute atomic E-state index is 12.9. The highest BCUT2D eigenvalue weighted by Gasteiger charge is 2.47. The predicted molar refractivity (Wildman–Crippen MR) is 82.2 cm³/mol. The van der Waals surface area contributed by atoms with Gasteiger partial charge in [-0.15, -0.1) is 0 Å². The SMILES string of the molecule is Cc1cnc(CCNC(=O)N2CCC(C(F)(F)F)C(CN)C2)nc1. The minimum atomic E-state index is -4.27. The number of nitrogens with one attached hydrogen (secondary N) is 1. The molecule has 0 bridgehead atoms. The van der Waals surface area contributed by atoms with Gasteiger partial charge < -0.3 is 16.0 Å². The Morgan fingerprint density at radius 3 is 2.67 bits per heavy atom. The van der Waals surface area contributed by atoms with E-state index in [1.165, 1.54) is 4.90 Å². The molecule has 0 aliphatic carbocycles. The Morgan fingerprint density at radius 1 is 1.42 bits per heavy atom. The number of aryl methyl sites for hydroxylation is 1. The van der Waals surface area contributed by atoms with Crippen molar-refractivity contribution in [3.63, 3.8) is 0 Å². The number of hydrogen-bond acceptors (Lipinski definition) is 4. The topological polar surface area (TPSA) is 84.1 Å². The zero-order chi connectivity index (χ0) is 17.7. The van der Waals surface area contributed by atoms with Crippen molar-refractivity contribution in [2.45, 2.75) is 25.9 Å². The van der Waals surface area contributed by atoms with Crippen LogP contribution in [0.3, 0.4) is 0 Å². The van der Waals surface area contributed by atoms with Crippen molar-refractivity contribution in [3.8, 4) is 0 Å². The molecule has 24 heavy (non-hydrogen) atoms. The van der Waals surface area contributed by atoms with Gasteiger partial charge in [-0.2, -0.15) is 13.2 Å². The van der Waals surface area contributed by atoms with Gasteiger partial charge in [0.25, 0.3) is 0 Å². The predicted octanol–water partition coefficient (Wildman–Crippen LogP) is 1.50. The van der Waals surface area contributed by atoms with Gasteiger partial charge >= 0.3 is 12.2 Å². The van der Waals surface area contributed by atoms with Crippen molar-refractivity contribution in [1.82, 2.24) is 20.2 Å². The average molecular weight is 345 g/mol. The number of urea groups is 1. The van der Waals surface area contributed by atoms with E-state index in [9.17, 15) is 18.0 Å². The van der Waals surface area contributed by atoms with Crippen molar-refractivity contribution in [2.75, 3.05) is 26.2 Å². The fraction of sp³-hybridized carbons (Fsp3) is 0.667. The van der Waals surface area contributed by atoms with Crippen LogP contribution in [0.4, 0.5) is 18.0 Å². The molecular weight excluding hydrogens is 323 g/mol. The van der Waals surface area contributed by atoms with E-state index in [1.54, 1.807) is 12.4 Å². The number of rotatable bonds is 4. The zero-order valence-electron chi connectivity index (χ0n) is 13.5. The van der Waals surface area contributed by atoms with Gasteiger partial charge in [-0.3, -0.25) is 0 Å². The number of carbonyl (C=O) groups is 1. The maximum atomic E-state index is 12.9. The summed E-state index contributed by atoms with van der Waals surface area (Å²) in [6, 6.07) is -0.374. The summed E-state index contributed by atoms with van der Waals surface area (Å²) in [6.45, 7) is 2.21. The Morgan fingerprint density at radius 2 is 2.08 bits per heavy atom. The van der Waals surface area contributed by atoms with E-state index in [1.807, 2.05) is 6.92 Å². The van der Waals surface area contributed by atoms with E-state index in [-0.39, 0.29) is 32.1 Å². The van der Waals surface area contributed by atoms with Gasteiger partial charge in [-0.1, -0.05) is 0 Å². The molecule has 0 saturated carbocycles. The molecule has 0 radical (unpaired) electrons. The summed E-state index contributed by atoms with van der Waals surface area (Å²) in [5.74, 6) is -1.59. The summed E-state index contributed by atoms with van der Waals surface area (Å²) in [5.41, 5.74) is 6.41. The molecule has 1 aliphatic heterocycles. The normalized spacial score (nSPS) is 21.6. The first-order valence-electron chi connectivity index (χ1n) is 7.88. The first kappa shape index (κ1) is 18.4. The summed E-state index contributed by atoms with van der Waals surface area (Å²) < 4.78 is 38.8. The molecule has 134 valence electrons. The molecule has 1 aromatic rings. The lowest BCUT2D eigenvalue weighted by atomic mass is 9.85. The lowest BCUT2D eigenvalue weighted by Crippen LogP contribution is -2.52. The van der Waals surface area contributed by atoms with Crippen LogP contribution in [0.15, 0.2) is 12.4 Å². The molecule has 0 aromatic carbocycles. The van der Waals surface area contributed by atoms with E-state index in [0.29, 0.717) is 18.8 Å². The number of alkyl halides is 3. The largest absolute Gasteiger partial charge is 0.392 e. The minimum Gasteiger partial charge on any atom is -0.338 e. The molecule has 3 N–H and O–H groups in total. The molecule has 6 nitrogen and oxygen atoms in total. The number of halogens is 3. The van der Waals surface area contributed by atoms with Gasteiger partial charge in [-0.25, -0.2) is 14.8 Å². The summed E-state index contributed by atoms with van der Waals surface area (Å²) >= 11 is 0. The summed E-state index contributed by atoms with van der Waals surface area (Å²) in [4.78, 5) is 21.8. The zero-order valence-corrected chi connectivity index (χ0v) is 13.5. The molecule has 2 amide bonds. The number of aromatic nitrogens is 2. The van der Waals surface area contributed by atoms with Crippen LogP contribution in [0.5, 0.6) is 0 Å². The molecule has 2 heterocycles. The third-order valence-corrected chi connectivity index (χ3v) is 4.20. The number of likely N-dealkylation sites (tertiary alicyclic amines) is 1. The Hall–Kier alpha value is -1.90. The lowest BCUT2D eigenvalue weighted by molar-refractivity contribution is -0.197. The van der Waals surface area contributed by atoms with Crippen molar-refractivity contribution in [3.05, 3.63) is 23.8 Å². The third kappa shape index (κ3) is 4.80. The molecule has 1 aromatic heterocycles. The maximum Gasteiger partial charge on any atom is 0.392 e. The fourth-order valence-electron chi connectivity index (χ4n) is 2.83. The highest BCUT2D eigenvalue weighted by Crippen LogP contribution is 2.37. The van der Waals surface area contributed by atoms with Crippen LogP contribution in [-0.2, 0) is 6.42 Å². The molecule has 0 spiro atoms. The first-order chi connectivity index (χ1) is 11.3. The van der Waals surface area contributed by atoms with Crippen LogP contribution in [0.1, 0.15) is 17.8 Å². The second-order valence-corrected chi connectivity index (χ2v) is 6.04. The number of nitrogens with zero attached hydrogens (tertiary/aromatic N) is 3. The molecule has 1 aliphatic rings. The summed E-state index contributed by atoms with van der Waals surface area (Å²) in [6.07, 6.45) is -0.531. The van der Waals surface area contributed by atoms with Crippen molar-refractivity contribution in [1.29, 1.82) is 0 Å². The van der Waals surface area contributed by atoms with Gasteiger partial charge in [-0.05, 0) is 25.5 Å². The molecular formula is C15H22F3N5O. The second-order valence-electron chi connectivity index (χ2n) is 6.04. The number of hydrogen-bond donors (Lipinski definition) is 2. The standard InChI is InChI=1S/C15H22F3N5O/c1-10-7-21-13(22-8-10)2-4-20-14(24)23-5-3-12(15(16,17)18)11(6-19)9-23/h7-8,11-12H,2-6,9,19H2,1H3,(H,20,24). The fourth-order valence-corrected chi connectivity index (χ4v) is 2.83. The van der Waals surface area contributed by atoms with Gasteiger partial charge in [0.05, 0.1) is 5.92 Å². The van der Waals surface area contributed by atoms with Crippen LogP contribution < -0.4 is 11.1 Å². The number of nitrogens with two attached hydrogens (primary N) is 1. The number of amides is 2. The van der Waals surface area contributed by atoms with Gasteiger partial charge in [0.15, 0.2) is 0 Å². The molecule has 2 rings (SSSR count). The van der Waals surface area contributed by atoms with Crippen molar-refractivity contribution >= 4 is 6.03 Å². The first-order valence-corrected chi connectivity index (χ1v) is 7.88. The smallest absolute Gasteiger partial charge is 0.338 e. The molecule has 1 fully saturated rings. The van der Waals surface area contributed by atoms with Gasteiger partial charge in [0.2, 0.25) is 0 Å². The van der Waals surface area contributed by atoms with E-state index >= 15 is 0 Å². The van der Waals surface area contributed by atoms with Gasteiger partial charge in [0.1, 0.15) is 5.82 Å². The van der Waals surface area contributed by atoms with Gasteiger partial charge in [0, 0.05) is 44.4 Å². The Kier molecular flexibility index (Phi) is 5.98. The molecule has 2 unspecified atom stereocenters. The van der Waals surface area contributed by atoms with Crippen molar-refractivity contribution < 1.29 is 18.0 Å². The Balaban J connectivity index is 1.81. The monoisotopic (exact) mass is 345 g/mol. The minimum absolute atomic E-state index is 0.0214. The number of carbonyl (C=O) groups excluding carboxylic acids is 1. The Labute approximate surface area is 138 Å². The van der Waals surface area contributed by atoms with E-state index < -0.39 is 18.0 Å². The van der Waals surface area contributed by atoms with Crippen LogP contribution in [0.25, 0.3) is 0 Å². The van der Waals surface area contributed by atoms with Crippen LogP contribution in [0.2, 0.25) is 0 Å². The van der Waals surface area contributed by atoms with Crippen LogP contribution in [-0.4, -0.2) is 53.3 Å².